The van der Waals surface area contributed by atoms with Gasteiger partial charge in [-0.05, 0) is 36.6 Å². The summed E-state index contributed by atoms with van der Waals surface area (Å²) in [5.41, 5.74) is 6.50. The Kier molecular flexibility index (Phi) is 6.17. The highest BCUT2D eigenvalue weighted by Crippen LogP contribution is 2.49. The van der Waals surface area contributed by atoms with Crippen molar-refractivity contribution in [2.24, 2.45) is 0 Å². The number of para-hydroxylation sites is 1. The summed E-state index contributed by atoms with van der Waals surface area (Å²) in [4.78, 5) is 26.7. The molecule has 0 saturated heterocycles. The molecule has 1 aromatic heterocycles. The molecule has 1 N–H and O–H groups in total. The molecule has 4 aromatic rings. The first-order valence-corrected chi connectivity index (χ1v) is 12.4. The Bertz CT molecular complexity index is 1410. The Morgan fingerprint density at radius 1 is 0.971 bits per heavy atom. The lowest BCUT2D eigenvalue weighted by molar-refractivity contribution is -0.136. The molecule has 0 saturated carbocycles. The van der Waals surface area contributed by atoms with Gasteiger partial charge in [0.15, 0.2) is 0 Å². The van der Waals surface area contributed by atoms with Gasteiger partial charge in [0.05, 0.1) is 22.4 Å². The molecule has 3 aromatic carbocycles. The number of aliphatic carboxylic acids is 1. The lowest BCUT2D eigenvalue weighted by Crippen LogP contribution is -2.38. The summed E-state index contributed by atoms with van der Waals surface area (Å²) in [7, 11) is 0. The third kappa shape index (κ3) is 4.23. The number of carboxylic acids is 1. The van der Waals surface area contributed by atoms with Crippen LogP contribution in [0, 0.1) is 13.8 Å². The summed E-state index contributed by atoms with van der Waals surface area (Å²) in [6.07, 6.45) is 0. The summed E-state index contributed by atoms with van der Waals surface area (Å²) < 4.78 is 1.75. The maximum Gasteiger partial charge on any atom is 0.323 e. The number of amides is 1. The second-order valence-electron chi connectivity index (χ2n) is 8.57. The quantitative estimate of drug-likeness (QED) is 0.411. The Labute approximate surface area is 208 Å². The maximum absolute atomic E-state index is 13.4. The lowest BCUT2D eigenvalue weighted by Gasteiger charge is -2.23. The number of thioether (sulfide) groups is 1. The largest absolute Gasteiger partial charge is 0.480 e. The van der Waals surface area contributed by atoms with Gasteiger partial charge >= 0.3 is 5.97 Å². The number of aromatic nitrogens is 2. The van der Waals surface area contributed by atoms with E-state index < -0.39 is 12.5 Å². The van der Waals surface area contributed by atoms with Crippen molar-refractivity contribution in [3.05, 3.63) is 101 Å². The van der Waals surface area contributed by atoms with E-state index in [1.54, 1.807) is 4.68 Å². The number of carboxylic acid groups (broad SMARTS) is 1. The van der Waals surface area contributed by atoms with Crippen molar-refractivity contribution < 1.29 is 14.7 Å². The number of carbonyl (C=O) groups is 2. The molecule has 2 heterocycles. The smallest absolute Gasteiger partial charge is 0.323 e. The van der Waals surface area contributed by atoms with Crippen molar-refractivity contribution in [1.29, 1.82) is 0 Å². The van der Waals surface area contributed by atoms with E-state index in [0.717, 1.165) is 39.2 Å². The van der Waals surface area contributed by atoms with Crippen LogP contribution in [0.25, 0.3) is 16.9 Å². The summed E-state index contributed by atoms with van der Waals surface area (Å²) in [6.45, 7) is 3.61. The van der Waals surface area contributed by atoms with E-state index in [2.05, 4.69) is 19.1 Å². The van der Waals surface area contributed by atoms with Gasteiger partial charge in [0.2, 0.25) is 5.91 Å². The summed E-state index contributed by atoms with van der Waals surface area (Å²) in [5.74, 6) is -0.626. The van der Waals surface area contributed by atoms with E-state index >= 15 is 0 Å². The number of carbonyl (C=O) groups excluding carboxylic acids is 1. The number of aryl methyl sites for hydroxylation is 2. The van der Waals surface area contributed by atoms with Crippen LogP contribution < -0.4 is 4.90 Å². The van der Waals surface area contributed by atoms with E-state index in [0.29, 0.717) is 5.82 Å². The van der Waals surface area contributed by atoms with Gasteiger partial charge in [-0.15, -0.1) is 11.8 Å². The van der Waals surface area contributed by atoms with Crippen LogP contribution in [-0.4, -0.2) is 39.1 Å². The van der Waals surface area contributed by atoms with Crippen molar-refractivity contribution >= 4 is 29.5 Å². The number of nitrogens with zero attached hydrogens (tertiary/aromatic N) is 3. The van der Waals surface area contributed by atoms with Gasteiger partial charge in [0.1, 0.15) is 12.4 Å². The zero-order valence-electron chi connectivity index (χ0n) is 19.5. The van der Waals surface area contributed by atoms with Gasteiger partial charge in [0.25, 0.3) is 0 Å². The molecule has 1 aliphatic rings. The van der Waals surface area contributed by atoms with E-state index in [9.17, 15) is 14.7 Å². The number of benzene rings is 3. The Morgan fingerprint density at radius 3 is 2.31 bits per heavy atom. The van der Waals surface area contributed by atoms with Gasteiger partial charge in [-0.3, -0.25) is 14.5 Å². The molecule has 1 unspecified atom stereocenters. The number of fused-ring (bicyclic) bond motifs is 1. The predicted octanol–water partition coefficient (Wildman–Crippen LogP) is 5.41. The van der Waals surface area contributed by atoms with Gasteiger partial charge in [-0.25, -0.2) is 4.68 Å². The lowest BCUT2D eigenvalue weighted by atomic mass is 9.97. The summed E-state index contributed by atoms with van der Waals surface area (Å²) in [5, 5.41) is 14.6. The molecule has 1 atom stereocenters. The predicted molar refractivity (Wildman–Crippen MR) is 139 cm³/mol. The normalized spacial score (nSPS) is 15.5. The summed E-state index contributed by atoms with van der Waals surface area (Å²) in [6, 6.07) is 25.8. The molecule has 176 valence electrons. The zero-order chi connectivity index (χ0) is 24.5. The average molecular weight is 484 g/mol. The van der Waals surface area contributed by atoms with Gasteiger partial charge in [-0.2, -0.15) is 5.10 Å². The molecule has 5 rings (SSSR count). The molecule has 0 radical (unpaired) electrons. The highest BCUT2D eigenvalue weighted by Gasteiger charge is 2.38. The van der Waals surface area contributed by atoms with Crippen LogP contribution >= 0.6 is 11.8 Å². The minimum atomic E-state index is -1.07. The molecule has 1 aliphatic heterocycles. The molecule has 1 amide bonds. The highest BCUT2D eigenvalue weighted by atomic mass is 32.2. The molecular weight excluding hydrogens is 458 g/mol. The first kappa shape index (κ1) is 22.9. The molecule has 7 heteroatoms. The van der Waals surface area contributed by atoms with Crippen LogP contribution in [0.5, 0.6) is 0 Å². The second-order valence-corrected chi connectivity index (χ2v) is 9.66. The number of hydrogen-bond acceptors (Lipinski definition) is 4. The molecule has 35 heavy (non-hydrogen) atoms. The topological polar surface area (TPSA) is 75.4 Å². The van der Waals surface area contributed by atoms with E-state index in [4.69, 9.17) is 5.10 Å². The molecule has 0 aliphatic carbocycles. The monoisotopic (exact) mass is 483 g/mol. The molecule has 6 nitrogen and oxygen atoms in total. The first-order valence-electron chi connectivity index (χ1n) is 11.4. The van der Waals surface area contributed by atoms with Crippen molar-refractivity contribution in [3.8, 4) is 16.9 Å². The fraction of sp³-hybridized carbons (Fsp3) is 0.179. The minimum absolute atomic E-state index is 0.170. The van der Waals surface area contributed by atoms with E-state index in [1.165, 1.54) is 16.7 Å². The van der Waals surface area contributed by atoms with Crippen LogP contribution in [0.2, 0.25) is 0 Å². The number of hydrogen-bond donors (Lipinski definition) is 1. The van der Waals surface area contributed by atoms with Crippen LogP contribution in [0.3, 0.4) is 0 Å². The maximum atomic E-state index is 13.4. The van der Waals surface area contributed by atoms with Crippen LogP contribution in [0.1, 0.15) is 27.5 Å². The van der Waals surface area contributed by atoms with E-state index in [-0.39, 0.29) is 16.9 Å². The average Bonchev–Trinajstić information content (AvgIpc) is 3.18. The summed E-state index contributed by atoms with van der Waals surface area (Å²) >= 11 is 1.52. The third-order valence-corrected chi connectivity index (χ3v) is 7.48. The van der Waals surface area contributed by atoms with Crippen molar-refractivity contribution in [1.82, 2.24) is 9.78 Å². The highest BCUT2D eigenvalue weighted by molar-refractivity contribution is 8.00. The first-order chi connectivity index (χ1) is 17.0. The van der Waals surface area contributed by atoms with Crippen molar-refractivity contribution in [3.63, 3.8) is 0 Å². The molecule has 0 fully saturated rings. The Balaban J connectivity index is 1.89. The van der Waals surface area contributed by atoms with Crippen LogP contribution in [0.4, 0.5) is 5.82 Å². The third-order valence-electron chi connectivity index (χ3n) is 6.24. The Morgan fingerprint density at radius 2 is 1.63 bits per heavy atom. The Hall–Kier alpha value is -3.84. The fourth-order valence-electron chi connectivity index (χ4n) is 4.56. The standard InChI is InChI=1S/C28H25N3O3S/c1-18-10-6-8-14-21(18)27-25-26(20-12-4-3-5-13-20)29-31(22-15-9-7-11-19(22)2)28(25)30(16-24(33)34)23(32)17-35-27/h3-15,27H,16-17H2,1-2H3,(H,33,34). The van der Waals surface area contributed by atoms with Gasteiger partial charge in [0, 0.05) is 11.1 Å². The van der Waals surface area contributed by atoms with Crippen LogP contribution in [-0.2, 0) is 9.59 Å². The van der Waals surface area contributed by atoms with Crippen LogP contribution in [0.15, 0.2) is 78.9 Å². The fourth-order valence-corrected chi connectivity index (χ4v) is 5.85. The zero-order valence-corrected chi connectivity index (χ0v) is 20.3. The molecule has 0 spiro atoms. The molecular formula is C28H25N3O3S. The SMILES string of the molecule is Cc1ccccc1C1SCC(=O)N(CC(=O)O)c2c1c(-c1ccccc1)nn2-c1ccccc1C. The van der Waals surface area contributed by atoms with Crippen molar-refractivity contribution in [2.75, 3.05) is 17.2 Å². The van der Waals surface area contributed by atoms with Gasteiger partial charge in [-0.1, -0.05) is 72.8 Å². The van der Waals surface area contributed by atoms with Crippen molar-refractivity contribution in [2.45, 2.75) is 19.1 Å². The molecule has 0 bridgehead atoms. The van der Waals surface area contributed by atoms with Gasteiger partial charge < -0.3 is 5.11 Å². The second kappa shape index (κ2) is 9.43. The minimum Gasteiger partial charge on any atom is -0.480 e. The number of rotatable bonds is 5. The van der Waals surface area contributed by atoms with E-state index in [1.807, 2.05) is 73.7 Å². The number of anilines is 1.